The van der Waals surface area contributed by atoms with Crippen LogP contribution in [0.4, 0.5) is 0 Å². The van der Waals surface area contributed by atoms with Crippen LogP contribution in [0, 0.1) is 20.8 Å². The molecule has 1 amide bonds. The molecule has 180 valence electrons. The van der Waals surface area contributed by atoms with E-state index in [9.17, 15) is 13.2 Å². The number of hydrogen-bond acceptors (Lipinski definition) is 3. The lowest BCUT2D eigenvalue weighted by molar-refractivity contribution is -0.121. The number of rotatable bonds is 8. The van der Waals surface area contributed by atoms with E-state index in [0.717, 1.165) is 5.56 Å². The summed E-state index contributed by atoms with van der Waals surface area (Å²) in [4.78, 5) is 13.1. The van der Waals surface area contributed by atoms with Crippen molar-refractivity contribution in [2.45, 2.75) is 38.8 Å². The Morgan fingerprint density at radius 2 is 1.47 bits per heavy atom. The first-order chi connectivity index (χ1) is 16.0. The molecule has 5 nitrogen and oxygen atoms in total. The zero-order valence-electron chi connectivity index (χ0n) is 19.0. The maximum Gasteiger partial charge on any atom is 0.244 e. The van der Waals surface area contributed by atoms with Crippen LogP contribution in [0.25, 0.3) is 0 Å². The van der Waals surface area contributed by atoms with Crippen molar-refractivity contribution in [1.29, 1.82) is 0 Å². The topological polar surface area (TPSA) is 66.5 Å². The van der Waals surface area contributed by atoms with Crippen LogP contribution in [0.1, 0.15) is 27.8 Å². The highest BCUT2D eigenvalue weighted by molar-refractivity contribution is 7.89. The molecule has 0 aliphatic rings. The minimum absolute atomic E-state index is 0.0153. The van der Waals surface area contributed by atoms with Crippen molar-refractivity contribution >= 4 is 50.7 Å². The van der Waals surface area contributed by atoms with Gasteiger partial charge in [0.25, 0.3) is 0 Å². The first-order valence-corrected chi connectivity index (χ1v) is 13.1. The molecule has 3 aromatic carbocycles. The van der Waals surface area contributed by atoms with Gasteiger partial charge < -0.3 is 5.32 Å². The number of hydrogen-bond donors (Lipinski definition) is 1. The molecule has 0 unspecified atom stereocenters. The third kappa shape index (κ3) is 6.52. The molecule has 0 saturated carbocycles. The Bertz CT molecular complexity index is 1290. The van der Waals surface area contributed by atoms with Gasteiger partial charge >= 0.3 is 0 Å². The third-order valence-electron chi connectivity index (χ3n) is 5.29. The van der Waals surface area contributed by atoms with E-state index < -0.39 is 15.9 Å². The second-order valence-corrected chi connectivity index (χ2v) is 11.3. The molecule has 1 N–H and O–H groups in total. The molecule has 0 heterocycles. The van der Waals surface area contributed by atoms with Crippen molar-refractivity contribution in [3.63, 3.8) is 0 Å². The smallest absolute Gasteiger partial charge is 0.244 e. The van der Waals surface area contributed by atoms with Gasteiger partial charge in [-0.05, 0) is 67.3 Å². The molecule has 0 aliphatic heterocycles. The van der Waals surface area contributed by atoms with Crippen molar-refractivity contribution in [2.24, 2.45) is 0 Å². The number of carbonyl (C=O) groups is 1. The van der Waals surface area contributed by atoms with Crippen molar-refractivity contribution < 1.29 is 13.2 Å². The Morgan fingerprint density at radius 3 is 2.06 bits per heavy atom. The summed E-state index contributed by atoms with van der Waals surface area (Å²) in [5.74, 6) is -0.453. The van der Waals surface area contributed by atoms with Gasteiger partial charge in [-0.1, -0.05) is 70.7 Å². The molecule has 0 spiro atoms. The van der Waals surface area contributed by atoms with E-state index in [-0.39, 0.29) is 24.5 Å². The number of nitrogens with zero attached hydrogens (tertiary/aromatic N) is 1. The minimum atomic E-state index is -3.98. The second kappa shape index (κ2) is 11.1. The van der Waals surface area contributed by atoms with Crippen LogP contribution in [0.2, 0.25) is 15.1 Å². The molecule has 0 saturated heterocycles. The van der Waals surface area contributed by atoms with Crippen LogP contribution in [0.15, 0.2) is 59.5 Å². The van der Waals surface area contributed by atoms with Gasteiger partial charge in [0.1, 0.15) is 0 Å². The van der Waals surface area contributed by atoms with Crippen molar-refractivity contribution in [3.8, 4) is 0 Å². The quantitative estimate of drug-likeness (QED) is 0.377. The van der Waals surface area contributed by atoms with Crippen molar-refractivity contribution in [1.82, 2.24) is 9.62 Å². The Balaban J connectivity index is 1.89. The zero-order valence-corrected chi connectivity index (χ0v) is 22.1. The van der Waals surface area contributed by atoms with Crippen LogP contribution in [0.3, 0.4) is 0 Å². The van der Waals surface area contributed by atoms with Gasteiger partial charge in [-0.25, -0.2) is 8.42 Å². The Labute approximate surface area is 215 Å². The van der Waals surface area contributed by atoms with E-state index in [2.05, 4.69) is 5.32 Å². The molecule has 9 heteroatoms. The average molecular weight is 540 g/mol. The lowest BCUT2D eigenvalue weighted by Gasteiger charge is -2.24. The van der Waals surface area contributed by atoms with E-state index in [4.69, 9.17) is 34.8 Å². The summed E-state index contributed by atoms with van der Waals surface area (Å²) in [6, 6.07) is 15.5. The van der Waals surface area contributed by atoms with Crippen LogP contribution >= 0.6 is 34.8 Å². The van der Waals surface area contributed by atoms with E-state index in [1.807, 2.05) is 19.1 Å². The molecule has 34 heavy (non-hydrogen) atoms. The fourth-order valence-corrected chi connectivity index (χ4v) is 6.19. The Kier molecular flexibility index (Phi) is 8.66. The highest BCUT2D eigenvalue weighted by Crippen LogP contribution is 2.27. The van der Waals surface area contributed by atoms with Crippen LogP contribution in [-0.4, -0.2) is 25.2 Å². The van der Waals surface area contributed by atoms with E-state index >= 15 is 0 Å². The standard InChI is InChI=1S/C25H25Cl3N2O3S/c1-16-10-17(2)25(18(3)11-16)34(32,33)30(14-19-4-7-21(26)8-5-19)15-24(31)29-13-20-6-9-22(27)12-23(20)28/h4-12H,13-15H2,1-3H3,(H,29,31). The second-order valence-electron chi connectivity index (χ2n) is 8.14. The van der Waals surface area contributed by atoms with E-state index in [1.54, 1.807) is 56.3 Å². The fraction of sp³-hybridized carbons (Fsp3) is 0.240. The lowest BCUT2D eigenvalue weighted by Crippen LogP contribution is -2.40. The Hall–Kier alpha value is -2.09. The maximum atomic E-state index is 13.7. The first kappa shape index (κ1) is 26.5. The predicted molar refractivity (Wildman–Crippen MR) is 138 cm³/mol. The third-order valence-corrected chi connectivity index (χ3v) is 8.22. The number of amides is 1. The average Bonchev–Trinajstić information content (AvgIpc) is 2.73. The zero-order chi connectivity index (χ0) is 25.0. The number of carbonyl (C=O) groups excluding carboxylic acids is 1. The largest absolute Gasteiger partial charge is 0.351 e. The number of sulfonamides is 1. The summed E-state index contributed by atoms with van der Waals surface area (Å²) >= 11 is 18.1. The predicted octanol–water partition coefficient (Wildman–Crippen LogP) is 6.08. The summed E-state index contributed by atoms with van der Waals surface area (Å²) in [7, 11) is -3.98. The first-order valence-electron chi connectivity index (χ1n) is 10.5. The van der Waals surface area contributed by atoms with Gasteiger partial charge in [0, 0.05) is 28.2 Å². The van der Waals surface area contributed by atoms with Crippen LogP contribution in [0.5, 0.6) is 0 Å². The molecular formula is C25H25Cl3N2O3S. The molecule has 0 aliphatic carbocycles. The molecule has 3 rings (SSSR count). The number of aryl methyl sites for hydroxylation is 3. The van der Waals surface area contributed by atoms with Crippen molar-refractivity contribution in [2.75, 3.05) is 6.54 Å². The summed E-state index contributed by atoms with van der Waals surface area (Å²) in [6.07, 6.45) is 0. The van der Waals surface area contributed by atoms with Crippen LogP contribution < -0.4 is 5.32 Å². The van der Waals surface area contributed by atoms with Gasteiger partial charge in [-0.2, -0.15) is 4.31 Å². The maximum absolute atomic E-state index is 13.7. The summed E-state index contributed by atoms with van der Waals surface area (Å²) in [6.45, 7) is 5.24. The van der Waals surface area contributed by atoms with Gasteiger partial charge in [-0.15, -0.1) is 0 Å². The highest BCUT2D eigenvalue weighted by Gasteiger charge is 2.30. The number of benzene rings is 3. The molecule has 0 atom stereocenters. The number of nitrogens with one attached hydrogen (secondary N) is 1. The molecule has 0 radical (unpaired) electrons. The van der Waals surface area contributed by atoms with Crippen molar-refractivity contribution in [3.05, 3.63) is 97.5 Å². The van der Waals surface area contributed by atoms with Gasteiger partial charge in [0.05, 0.1) is 11.4 Å². The number of halogens is 3. The van der Waals surface area contributed by atoms with Gasteiger partial charge in [0.2, 0.25) is 15.9 Å². The molecular weight excluding hydrogens is 515 g/mol. The summed E-state index contributed by atoms with van der Waals surface area (Å²) in [5.41, 5.74) is 3.62. The summed E-state index contributed by atoms with van der Waals surface area (Å²) in [5, 5.41) is 4.21. The highest BCUT2D eigenvalue weighted by atomic mass is 35.5. The minimum Gasteiger partial charge on any atom is -0.351 e. The molecule has 0 fully saturated rings. The van der Waals surface area contributed by atoms with E-state index in [0.29, 0.717) is 37.3 Å². The van der Waals surface area contributed by atoms with E-state index in [1.165, 1.54) is 4.31 Å². The SMILES string of the molecule is Cc1cc(C)c(S(=O)(=O)N(CC(=O)NCc2ccc(Cl)cc2Cl)Cc2ccc(Cl)cc2)c(C)c1. The monoisotopic (exact) mass is 538 g/mol. The molecule has 0 aromatic heterocycles. The lowest BCUT2D eigenvalue weighted by atomic mass is 10.1. The van der Waals surface area contributed by atoms with Gasteiger partial charge in [0.15, 0.2) is 0 Å². The molecule has 3 aromatic rings. The fourth-order valence-electron chi connectivity index (χ4n) is 3.80. The van der Waals surface area contributed by atoms with Crippen LogP contribution in [-0.2, 0) is 27.9 Å². The Morgan fingerprint density at radius 1 is 0.882 bits per heavy atom. The summed E-state index contributed by atoms with van der Waals surface area (Å²) < 4.78 is 28.7. The normalized spacial score (nSPS) is 11.6. The molecule has 0 bridgehead atoms. The van der Waals surface area contributed by atoms with Gasteiger partial charge in [-0.3, -0.25) is 4.79 Å².